The fourth-order valence-electron chi connectivity index (χ4n) is 2.44. The highest BCUT2D eigenvalue weighted by Crippen LogP contribution is 2.30. The summed E-state index contributed by atoms with van der Waals surface area (Å²) in [6.45, 7) is 0. The molecule has 0 atom stereocenters. The predicted molar refractivity (Wildman–Crippen MR) is 94.3 cm³/mol. The largest absolute Gasteiger partial charge is 0.325 e. The molecule has 3 rings (SSSR count). The van der Waals surface area contributed by atoms with E-state index >= 15 is 0 Å². The lowest BCUT2D eigenvalue weighted by Crippen LogP contribution is -2.17. The van der Waals surface area contributed by atoms with E-state index in [2.05, 4.69) is 21.2 Å². The van der Waals surface area contributed by atoms with E-state index in [0.717, 1.165) is 4.47 Å². The number of carbonyl (C=O) groups is 2. The maximum absolute atomic E-state index is 12.4. The average Bonchev–Trinajstić information content (AvgIpc) is 2.85. The second kappa shape index (κ2) is 6.31. The van der Waals surface area contributed by atoms with E-state index in [0.29, 0.717) is 11.3 Å². The molecular formula is C16H11BrClNO4S. The normalized spacial score (nSPS) is 13.5. The summed E-state index contributed by atoms with van der Waals surface area (Å²) in [4.78, 5) is 23.9. The summed E-state index contributed by atoms with van der Waals surface area (Å²) in [7, 11) is -3.78. The van der Waals surface area contributed by atoms with Crippen molar-refractivity contribution in [2.45, 2.75) is 11.3 Å². The van der Waals surface area contributed by atoms with E-state index in [1.54, 1.807) is 12.1 Å². The minimum Gasteiger partial charge on any atom is -0.325 e. The Bertz CT molecular complexity index is 955. The van der Waals surface area contributed by atoms with E-state index < -0.39 is 21.4 Å². The molecule has 0 unspecified atom stereocenters. The molecule has 1 amide bonds. The molecule has 0 saturated heterocycles. The average molecular weight is 429 g/mol. The van der Waals surface area contributed by atoms with Gasteiger partial charge in [0.1, 0.15) is 5.75 Å². The van der Waals surface area contributed by atoms with E-state index in [-0.39, 0.29) is 27.8 Å². The third-order valence-corrected chi connectivity index (χ3v) is 6.09. The summed E-state index contributed by atoms with van der Waals surface area (Å²) in [5.41, 5.74) is 1.29. The van der Waals surface area contributed by atoms with Gasteiger partial charge in [-0.3, -0.25) is 9.59 Å². The van der Waals surface area contributed by atoms with Crippen LogP contribution in [0.1, 0.15) is 15.9 Å². The first-order chi connectivity index (χ1) is 11.3. The van der Waals surface area contributed by atoms with Gasteiger partial charge >= 0.3 is 0 Å². The Balaban J connectivity index is 1.89. The summed E-state index contributed by atoms with van der Waals surface area (Å²) in [6, 6.07) is 9.00. The molecule has 0 aliphatic carbocycles. The molecule has 0 bridgehead atoms. The third-order valence-electron chi connectivity index (χ3n) is 3.61. The number of nitrogens with one attached hydrogen (secondary N) is 1. The maximum atomic E-state index is 12.4. The topological polar surface area (TPSA) is 80.3 Å². The van der Waals surface area contributed by atoms with E-state index in [1.807, 2.05) is 0 Å². The Morgan fingerprint density at radius 1 is 1.21 bits per heavy atom. The predicted octanol–water partition coefficient (Wildman–Crippen LogP) is 3.25. The number of ketones is 1. The summed E-state index contributed by atoms with van der Waals surface area (Å²) < 4.78 is 25.5. The van der Waals surface area contributed by atoms with E-state index in [1.165, 1.54) is 24.3 Å². The highest BCUT2D eigenvalue weighted by atomic mass is 79.9. The van der Waals surface area contributed by atoms with Crippen molar-refractivity contribution in [1.29, 1.82) is 0 Å². The molecule has 0 radical (unpaired) electrons. The fourth-order valence-corrected chi connectivity index (χ4v) is 4.19. The highest BCUT2D eigenvalue weighted by Gasteiger charge is 2.25. The Labute approximate surface area is 152 Å². The van der Waals surface area contributed by atoms with Gasteiger partial charge in [-0.05, 0) is 42.0 Å². The van der Waals surface area contributed by atoms with Crippen LogP contribution < -0.4 is 5.32 Å². The Hall–Kier alpha value is -1.70. The Morgan fingerprint density at radius 2 is 1.88 bits per heavy atom. The van der Waals surface area contributed by atoms with Gasteiger partial charge in [0.25, 0.3) is 0 Å². The van der Waals surface area contributed by atoms with Gasteiger partial charge in [0.2, 0.25) is 5.91 Å². The minimum atomic E-state index is -3.78. The van der Waals surface area contributed by atoms with Crippen LogP contribution in [-0.4, -0.2) is 25.9 Å². The molecule has 0 spiro atoms. The first-order valence-corrected chi connectivity index (χ1v) is 9.72. The molecule has 124 valence electrons. The Morgan fingerprint density at radius 3 is 2.54 bits per heavy atom. The number of fused-ring (bicyclic) bond motifs is 1. The van der Waals surface area contributed by atoms with Crippen LogP contribution in [0.2, 0.25) is 5.02 Å². The zero-order chi connectivity index (χ0) is 17.5. The van der Waals surface area contributed by atoms with Gasteiger partial charge in [0.15, 0.2) is 15.6 Å². The van der Waals surface area contributed by atoms with Gasteiger partial charge in [0.05, 0.1) is 16.3 Å². The van der Waals surface area contributed by atoms with Crippen LogP contribution in [0.4, 0.5) is 5.69 Å². The molecule has 1 aliphatic heterocycles. The number of sulfone groups is 1. The molecular weight excluding hydrogens is 418 g/mol. The SMILES string of the molecule is O=C1Cc2cc(C(=O)CS(=O)(=O)c3ccc(Br)cc3)c(Cl)cc2N1. The summed E-state index contributed by atoms with van der Waals surface area (Å²) in [5.74, 6) is -1.48. The summed E-state index contributed by atoms with van der Waals surface area (Å²) >= 11 is 9.30. The monoisotopic (exact) mass is 427 g/mol. The molecule has 0 saturated carbocycles. The van der Waals surface area contributed by atoms with Crippen molar-refractivity contribution in [3.63, 3.8) is 0 Å². The first-order valence-electron chi connectivity index (χ1n) is 6.90. The minimum absolute atomic E-state index is 0.0631. The van der Waals surface area contributed by atoms with Crippen molar-refractivity contribution in [2.75, 3.05) is 11.1 Å². The molecule has 2 aromatic carbocycles. The van der Waals surface area contributed by atoms with E-state index in [9.17, 15) is 18.0 Å². The van der Waals surface area contributed by atoms with Crippen molar-refractivity contribution in [2.24, 2.45) is 0 Å². The first kappa shape index (κ1) is 17.1. The third kappa shape index (κ3) is 3.38. The number of carbonyl (C=O) groups excluding carboxylic acids is 2. The van der Waals surface area contributed by atoms with Crippen LogP contribution in [0.5, 0.6) is 0 Å². The van der Waals surface area contributed by atoms with Crippen LogP contribution in [-0.2, 0) is 21.1 Å². The van der Waals surface area contributed by atoms with Gasteiger partial charge in [-0.15, -0.1) is 0 Å². The molecule has 1 aliphatic rings. The number of benzene rings is 2. The molecule has 24 heavy (non-hydrogen) atoms. The second-order valence-electron chi connectivity index (χ2n) is 5.35. The molecule has 1 N–H and O–H groups in total. The van der Waals surface area contributed by atoms with E-state index in [4.69, 9.17) is 11.6 Å². The Kier molecular flexibility index (Phi) is 4.50. The second-order valence-corrected chi connectivity index (χ2v) is 8.66. The standard InChI is InChI=1S/C16H11BrClNO4S/c17-10-1-3-11(4-2-10)24(22,23)8-15(20)12-5-9-6-16(21)19-14(9)7-13(12)18/h1-5,7H,6,8H2,(H,19,21). The quantitative estimate of drug-likeness (QED) is 0.758. The smallest absolute Gasteiger partial charge is 0.228 e. The van der Waals surface area contributed by atoms with Gasteiger partial charge in [-0.1, -0.05) is 27.5 Å². The van der Waals surface area contributed by atoms with Crippen LogP contribution in [0.3, 0.4) is 0 Å². The summed E-state index contributed by atoms with van der Waals surface area (Å²) in [6.07, 6.45) is 0.145. The number of anilines is 1. The van der Waals surface area contributed by atoms with Crippen molar-refractivity contribution in [3.8, 4) is 0 Å². The molecule has 2 aromatic rings. The number of hydrogen-bond donors (Lipinski definition) is 1. The van der Waals surface area contributed by atoms with Crippen LogP contribution in [0, 0.1) is 0 Å². The van der Waals surface area contributed by atoms with Crippen molar-refractivity contribution in [1.82, 2.24) is 0 Å². The van der Waals surface area contributed by atoms with Crippen molar-refractivity contribution >= 4 is 54.7 Å². The zero-order valence-electron chi connectivity index (χ0n) is 12.2. The molecule has 8 heteroatoms. The number of rotatable bonds is 4. The lowest BCUT2D eigenvalue weighted by atomic mass is 10.1. The van der Waals surface area contributed by atoms with Gasteiger partial charge in [-0.25, -0.2) is 8.42 Å². The molecule has 5 nitrogen and oxygen atoms in total. The van der Waals surface area contributed by atoms with Gasteiger partial charge in [0, 0.05) is 15.7 Å². The number of hydrogen-bond acceptors (Lipinski definition) is 4. The fraction of sp³-hybridized carbons (Fsp3) is 0.125. The molecule has 1 heterocycles. The van der Waals surface area contributed by atoms with Crippen LogP contribution in [0.25, 0.3) is 0 Å². The van der Waals surface area contributed by atoms with Crippen LogP contribution >= 0.6 is 27.5 Å². The van der Waals surface area contributed by atoms with Gasteiger partial charge in [-0.2, -0.15) is 0 Å². The van der Waals surface area contributed by atoms with Crippen LogP contribution in [0.15, 0.2) is 45.8 Å². The van der Waals surface area contributed by atoms with Gasteiger partial charge < -0.3 is 5.32 Å². The number of amides is 1. The highest BCUT2D eigenvalue weighted by molar-refractivity contribution is 9.10. The molecule has 0 fully saturated rings. The zero-order valence-corrected chi connectivity index (χ0v) is 15.3. The lowest BCUT2D eigenvalue weighted by Gasteiger charge is -2.08. The molecule has 0 aromatic heterocycles. The number of halogens is 2. The van der Waals surface area contributed by atoms with Crippen molar-refractivity contribution in [3.05, 3.63) is 57.0 Å². The number of Topliss-reactive ketones (excluding diaryl/α,β-unsaturated/α-hetero) is 1. The van der Waals surface area contributed by atoms with Crippen molar-refractivity contribution < 1.29 is 18.0 Å². The maximum Gasteiger partial charge on any atom is 0.228 e. The lowest BCUT2D eigenvalue weighted by molar-refractivity contribution is -0.115. The summed E-state index contributed by atoms with van der Waals surface area (Å²) in [5, 5.41) is 2.74.